The first-order valence-electron chi connectivity index (χ1n) is 7.86. The molecule has 0 atom stereocenters. The van der Waals surface area contributed by atoms with E-state index in [9.17, 15) is 4.79 Å². The van der Waals surface area contributed by atoms with Crippen molar-refractivity contribution in [1.82, 2.24) is 0 Å². The highest BCUT2D eigenvalue weighted by molar-refractivity contribution is 5.89. The number of esters is 1. The summed E-state index contributed by atoms with van der Waals surface area (Å²) in [7, 11) is 3.16. The Morgan fingerprint density at radius 3 is 2.32 bits per heavy atom. The molecule has 3 heteroatoms. The Hall–Kier alpha value is -2.03. The molecule has 3 rings (SSSR count). The van der Waals surface area contributed by atoms with Crippen LogP contribution in [-0.4, -0.2) is 20.2 Å². The van der Waals surface area contributed by atoms with Crippen LogP contribution < -0.4 is 4.74 Å². The number of hydrogen-bond donors (Lipinski definition) is 0. The zero-order valence-corrected chi connectivity index (χ0v) is 13.2. The van der Waals surface area contributed by atoms with Gasteiger partial charge in [-0.2, -0.15) is 0 Å². The molecular formula is C19H22O3. The maximum absolute atomic E-state index is 12.5. The van der Waals surface area contributed by atoms with Crippen LogP contribution >= 0.6 is 0 Å². The van der Waals surface area contributed by atoms with Crippen LogP contribution in [-0.2, 0) is 14.9 Å². The van der Waals surface area contributed by atoms with Crippen LogP contribution in [0.15, 0.2) is 36.4 Å². The molecule has 0 N–H and O–H groups in total. The number of ether oxygens (including phenoxy) is 2. The standard InChI is InChI=1S/C19H22O3/c1-21-17-9-7-14-12-16(8-6-15(14)13-17)19(18(20)22-2)10-4-3-5-11-19/h6-9,12-13H,3-5,10-11H2,1-2H3. The average Bonchev–Trinajstić information content (AvgIpc) is 2.60. The van der Waals surface area contributed by atoms with Gasteiger partial charge in [0.05, 0.1) is 19.6 Å². The van der Waals surface area contributed by atoms with Crippen LogP contribution in [0.25, 0.3) is 10.8 Å². The van der Waals surface area contributed by atoms with E-state index in [4.69, 9.17) is 9.47 Å². The van der Waals surface area contributed by atoms with Crippen molar-refractivity contribution in [3.8, 4) is 5.75 Å². The highest BCUT2D eigenvalue weighted by Gasteiger charge is 2.42. The van der Waals surface area contributed by atoms with Crippen molar-refractivity contribution < 1.29 is 14.3 Å². The average molecular weight is 298 g/mol. The predicted octanol–water partition coefficient (Wildman–Crippen LogP) is 4.22. The fourth-order valence-corrected chi connectivity index (χ4v) is 3.61. The first-order chi connectivity index (χ1) is 10.7. The van der Waals surface area contributed by atoms with Gasteiger partial charge in [-0.15, -0.1) is 0 Å². The van der Waals surface area contributed by atoms with E-state index in [2.05, 4.69) is 18.2 Å². The lowest BCUT2D eigenvalue weighted by Crippen LogP contribution is -2.38. The van der Waals surface area contributed by atoms with Gasteiger partial charge in [-0.25, -0.2) is 0 Å². The van der Waals surface area contributed by atoms with E-state index in [0.29, 0.717) is 0 Å². The Morgan fingerprint density at radius 2 is 1.64 bits per heavy atom. The Labute approximate surface area is 131 Å². The van der Waals surface area contributed by atoms with E-state index >= 15 is 0 Å². The summed E-state index contributed by atoms with van der Waals surface area (Å²) in [5.41, 5.74) is 0.609. The number of carbonyl (C=O) groups excluding carboxylic acids is 1. The van der Waals surface area contributed by atoms with E-state index in [-0.39, 0.29) is 5.97 Å². The zero-order chi connectivity index (χ0) is 15.6. The van der Waals surface area contributed by atoms with Crippen LogP contribution in [0.1, 0.15) is 37.7 Å². The monoisotopic (exact) mass is 298 g/mol. The summed E-state index contributed by atoms with van der Waals surface area (Å²) in [5.74, 6) is 0.751. The molecule has 2 aromatic rings. The van der Waals surface area contributed by atoms with Crippen molar-refractivity contribution in [1.29, 1.82) is 0 Å². The molecule has 1 aliphatic carbocycles. The molecule has 0 aliphatic heterocycles. The second-order valence-corrected chi connectivity index (χ2v) is 6.06. The van der Waals surface area contributed by atoms with Gasteiger partial charge in [0.2, 0.25) is 0 Å². The van der Waals surface area contributed by atoms with Gasteiger partial charge in [-0.05, 0) is 41.3 Å². The summed E-state index contributed by atoms with van der Waals surface area (Å²) in [6, 6.07) is 12.3. The first-order valence-corrected chi connectivity index (χ1v) is 7.86. The van der Waals surface area contributed by atoms with Crippen molar-refractivity contribution in [3.05, 3.63) is 42.0 Å². The van der Waals surface area contributed by atoms with Crippen molar-refractivity contribution in [2.45, 2.75) is 37.5 Å². The van der Waals surface area contributed by atoms with Crippen molar-refractivity contribution in [2.24, 2.45) is 0 Å². The van der Waals surface area contributed by atoms with E-state index in [1.807, 2.05) is 18.2 Å². The van der Waals surface area contributed by atoms with E-state index in [1.54, 1.807) is 7.11 Å². The minimum absolute atomic E-state index is 0.0972. The number of hydrogen-bond acceptors (Lipinski definition) is 3. The predicted molar refractivity (Wildman–Crippen MR) is 87.3 cm³/mol. The molecule has 0 bridgehead atoms. The van der Waals surface area contributed by atoms with Gasteiger partial charge < -0.3 is 9.47 Å². The maximum Gasteiger partial charge on any atom is 0.316 e. The van der Waals surface area contributed by atoms with Crippen molar-refractivity contribution >= 4 is 16.7 Å². The lowest BCUT2D eigenvalue weighted by molar-refractivity contribution is -0.149. The molecule has 1 aliphatic rings. The summed E-state index contributed by atoms with van der Waals surface area (Å²) in [4.78, 5) is 12.5. The summed E-state index contributed by atoms with van der Waals surface area (Å²) < 4.78 is 10.4. The van der Waals surface area contributed by atoms with Crippen LogP contribution in [0.5, 0.6) is 5.75 Å². The third kappa shape index (κ3) is 2.45. The summed E-state index contributed by atoms with van der Waals surface area (Å²) >= 11 is 0. The number of methoxy groups -OCH3 is 2. The van der Waals surface area contributed by atoms with Crippen LogP contribution in [0.3, 0.4) is 0 Å². The van der Waals surface area contributed by atoms with Gasteiger partial charge in [0, 0.05) is 0 Å². The quantitative estimate of drug-likeness (QED) is 0.796. The van der Waals surface area contributed by atoms with Crippen LogP contribution in [0.2, 0.25) is 0 Å². The Balaban J connectivity index is 2.08. The lowest BCUT2D eigenvalue weighted by Gasteiger charge is -2.35. The fraction of sp³-hybridized carbons (Fsp3) is 0.421. The molecule has 1 fully saturated rings. The highest BCUT2D eigenvalue weighted by atomic mass is 16.5. The van der Waals surface area contributed by atoms with Crippen molar-refractivity contribution in [3.63, 3.8) is 0 Å². The smallest absolute Gasteiger partial charge is 0.316 e. The Morgan fingerprint density at radius 1 is 0.955 bits per heavy atom. The number of carbonyl (C=O) groups is 1. The van der Waals surface area contributed by atoms with Crippen LogP contribution in [0.4, 0.5) is 0 Å². The topological polar surface area (TPSA) is 35.5 Å². The SMILES string of the molecule is COC(=O)C1(c2ccc3cc(OC)ccc3c2)CCCCC1. The van der Waals surface area contributed by atoms with E-state index in [1.165, 1.54) is 13.5 Å². The van der Waals surface area contributed by atoms with Crippen LogP contribution in [0, 0.1) is 0 Å². The second-order valence-electron chi connectivity index (χ2n) is 6.06. The molecule has 22 heavy (non-hydrogen) atoms. The van der Waals surface area contributed by atoms with Gasteiger partial charge in [0.15, 0.2) is 0 Å². The molecule has 0 radical (unpaired) electrons. The molecule has 0 unspecified atom stereocenters. The summed E-state index contributed by atoms with van der Waals surface area (Å²) in [5, 5.41) is 2.26. The van der Waals surface area contributed by atoms with Gasteiger partial charge >= 0.3 is 5.97 Å². The molecule has 2 aromatic carbocycles. The number of fused-ring (bicyclic) bond motifs is 1. The Bertz CT molecular complexity index is 684. The molecule has 0 amide bonds. The maximum atomic E-state index is 12.5. The molecular weight excluding hydrogens is 276 g/mol. The third-order valence-corrected chi connectivity index (χ3v) is 4.88. The highest BCUT2D eigenvalue weighted by Crippen LogP contribution is 2.41. The minimum atomic E-state index is -0.471. The van der Waals surface area contributed by atoms with Gasteiger partial charge in [0.25, 0.3) is 0 Å². The molecule has 1 saturated carbocycles. The largest absolute Gasteiger partial charge is 0.497 e. The summed E-state index contributed by atoms with van der Waals surface area (Å²) in [6.07, 6.45) is 5.11. The second kappa shape index (κ2) is 5.99. The number of rotatable bonds is 3. The number of benzene rings is 2. The Kier molecular flexibility index (Phi) is 4.06. The van der Waals surface area contributed by atoms with Crippen molar-refractivity contribution in [2.75, 3.05) is 14.2 Å². The molecule has 0 heterocycles. The zero-order valence-electron chi connectivity index (χ0n) is 13.2. The normalized spacial score (nSPS) is 17.2. The fourth-order valence-electron chi connectivity index (χ4n) is 3.61. The first kappa shape index (κ1) is 14.9. The molecule has 0 saturated heterocycles. The van der Waals surface area contributed by atoms with Gasteiger partial charge in [0.1, 0.15) is 5.75 Å². The molecule has 0 spiro atoms. The van der Waals surface area contributed by atoms with Gasteiger partial charge in [-0.1, -0.05) is 43.5 Å². The third-order valence-electron chi connectivity index (χ3n) is 4.88. The lowest BCUT2D eigenvalue weighted by atomic mass is 9.69. The van der Waals surface area contributed by atoms with Gasteiger partial charge in [-0.3, -0.25) is 4.79 Å². The molecule has 116 valence electrons. The molecule has 0 aromatic heterocycles. The van der Waals surface area contributed by atoms with E-state index in [0.717, 1.165) is 47.8 Å². The summed E-state index contributed by atoms with van der Waals surface area (Å²) in [6.45, 7) is 0. The minimum Gasteiger partial charge on any atom is -0.497 e. The molecule has 3 nitrogen and oxygen atoms in total. The van der Waals surface area contributed by atoms with E-state index < -0.39 is 5.41 Å².